The number of carbonyl (C=O) groups excluding carboxylic acids is 1. The van der Waals surface area contributed by atoms with E-state index >= 15 is 0 Å². The molecule has 3 aromatic rings. The third-order valence-corrected chi connectivity index (χ3v) is 6.69. The lowest BCUT2D eigenvalue weighted by atomic mass is 9.70. The van der Waals surface area contributed by atoms with Gasteiger partial charge in [0.15, 0.2) is 0 Å². The van der Waals surface area contributed by atoms with Crippen molar-refractivity contribution in [3.63, 3.8) is 0 Å². The van der Waals surface area contributed by atoms with E-state index in [1.807, 2.05) is 72.8 Å². The Morgan fingerprint density at radius 1 is 0.882 bits per heavy atom. The van der Waals surface area contributed by atoms with Gasteiger partial charge in [0.25, 0.3) is 0 Å². The van der Waals surface area contributed by atoms with Crippen LogP contribution < -0.4 is 10.5 Å². The Bertz CT molecular complexity index is 1130. The van der Waals surface area contributed by atoms with Crippen molar-refractivity contribution in [1.82, 2.24) is 4.90 Å². The van der Waals surface area contributed by atoms with Gasteiger partial charge in [-0.15, -0.1) is 0 Å². The number of rotatable bonds is 12. The Hall–Kier alpha value is -3.16. The molecule has 0 aliphatic carbocycles. The van der Waals surface area contributed by atoms with Crippen LogP contribution >= 0.6 is 0 Å². The molecular weight excluding hydrogens is 446 g/mol. The van der Waals surface area contributed by atoms with Gasteiger partial charge in [0.05, 0.1) is 11.7 Å². The lowest BCUT2D eigenvalue weighted by Gasteiger charge is -2.32. The molecule has 0 aliphatic rings. The third-order valence-electron chi connectivity index (χ3n) is 6.08. The number of nitrogens with two attached hydrogens (primary N) is 1. The van der Waals surface area contributed by atoms with Gasteiger partial charge in [0.2, 0.25) is 15.9 Å². The number of amides is 1. The molecule has 3 aromatic carbocycles. The van der Waals surface area contributed by atoms with Gasteiger partial charge in [-0.1, -0.05) is 72.8 Å². The van der Waals surface area contributed by atoms with Crippen molar-refractivity contribution in [3.05, 3.63) is 102 Å². The highest BCUT2D eigenvalue weighted by molar-refractivity contribution is 7.92. The average Bonchev–Trinajstić information content (AvgIpc) is 2.81. The van der Waals surface area contributed by atoms with Crippen LogP contribution in [0.5, 0.6) is 0 Å². The van der Waals surface area contributed by atoms with Gasteiger partial charge in [-0.2, -0.15) is 0 Å². The molecule has 0 spiro atoms. The fourth-order valence-corrected chi connectivity index (χ4v) is 4.87. The second-order valence-electron chi connectivity index (χ2n) is 8.73. The molecule has 0 saturated carbocycles. The van der Waals surface area contributed by atoms with Crippen molar-refractivity contribution in [2.75, 3.05) is 31.1 Å². The first-order valence-electron chi connectivity index (χ1n) is 11.4. The molecule has 180 valence electrons. The molecule has 0 radical (unpaired) electrons. The SMILES string of the molecule is CN(CCCC(C(N)=O)(c1ccccc1)c1ccccc1)CCc1ccc(NS(C)(=O)=O)cc1. The average molecular weight is 480 g/mol. The van der Waals surface area contributed by atoms with E-state index in [0.717, 1.165) is 48.9 Å². The summed E-state index contributed by atoms with van der Waals surface area (Å²) in [7, 11) is -1.21. The Morgan fingerprint density at radius 2 is 1.41 bits per heavy atom. The number of hydrogen-bond donors (Lipinski definition) is 2. The fourth-order valence-electron chi connectivity index (χ4n) is 4.31. The van der Waals surface area contributed by atoms with E-state index in [1.54, 1.807) is 12.1 Å². The molecule has 0 unspecified atom stereocenters. The van der Waals surface area contributed by atoms with E-state index in [0.29, 0.717) is 12.1 Å². The number of hydrogen-bond acceptors (Lipinski definition) is 4. The predicted octanol–water partition coefficient (Wildman–Crippen LogP) is 3.78. The minimum atomic E-state index is -3.28. The van der Waals surface area contributed by atoms with E-state index in [9.17, 15) is 13.2 Å². The van der Waals surface area contributed by atoms with Crippen molar-refractivity contribution in [2.45, 2.75) is 24.7 Å². The number of sulfonamides is 1. The summed E-state index contributed by atoms with van der Waals surface area (Å²) in [6, 6.07) is 27.0. The van der Waals surface area contributed by atoms with Crippen molar-refractivity contribution in [2.24, 2.45) is 5.73 Å². The number of benzene rings is 3. The summed E-state index contributed by atoms with van der Waals surface area (Å²) in [5.74, 6) is -0.338. The molecular formula is C27H33N3O3S. The maximum atomic E-state index is 12.9. The number of anilines is 1. The van der Waals surface area contributed by atoms with Crippen LogP contribution in [-0.4, -0.2) is 45.6 Å². The molecule has 0 fully saturated rings. The molecule has 0 aromatic heterocycles. The number of nitrogens with one attached hydrogen (secondary N) is 1. The standard InChI is InChI=1S/C27H33N3O3S/c1-30(21-18-22-14-16-25(17-15-22)29-34(2,32)33)20-9-19-27(26(28)31,23-10-5-3-6-11-23)24-12-7-4-8-13-24/h3-8,10-17,29H,9,18-21H2,1-2H3,(H2,28,31). The number of nitrogens with zero attached hydrogens (tertiary/aromatic N) is 1. The Kier molecular flexibility index (Phi) is 8.47. The second-order valence-corrected chi connectivity index (χ2v) is 10.5. The fraction of sp³-hybridized carbons (Fsp3) is 0.296. The summed E-state index contributed by atoms with van der Waals surface area (Å²) in [6.45, 7) is 1.67. The number of primary amides is 1. The molecule has 7 heteroatoms. The summed E-state index contributed by atoms with van der Waals surface area (Å²) in [5.41, 5.74) is 8.69. The van der Waals surface area contributed by atoms with Crippen LogP contribution in [0.25, 0.3) is 0 Å². The van der Waals surface area contributed by atoms with Crippen LogP contribution in [0.3, 0.4) is 0 Å². The summed E-state index contributed by atoms with van der Waals surface area (Å²) in [5, 5.41) is 0. The normalized spacial score (nSPS) is 12.0. The Morgan fingerprint density at radius 3 is 1.88 bits per heavy atom. The molecule has 0 bridgehead atoms. The molecule has 0 atom stereocenters. The second kappa shape index (κ2) is 11.3. The molecule has 0 aliphatic heterocycles. The monoisotopic (exact) mass is 479 g/mol. The zero-order valence-corrected chi connectivity index (χ0v) is 20.6. The van der Waals surface area contributed by atoms with Gasteiger partial charge >= 0.3 is 0 Å². The summed E-state index contributed by atoms with van der Waals surface area (Å²) in [4.78, 5) is 15.1. The first-order chi connectivity index (χ1) is 16.2. The molecule has 3 rings (SSSR count). The van der Waals surface area contributed by atoms with Crippen LogP contribution in [0.2, 0.25) is 0 Å². The van der Waals surface area contributed by atoms with Crippen LogP contribution in [0.1, 0.15) is 29.5 Å². The summed E-state index contributed by atoms with van der Waals surface area (Å²) < 4.78 is 25.2. The highest BCUT2D eigenvalue weighted by Crippen LogP contribution is 2.36. The highest BCUT2D eigenvalue weighted by atomic mass is 32.2. The van der Waals surface area contributed by atoms with Crippen molar-refractivity contribution >= 4 is 21.6 Å². The molecule has 3 N–H and O–H groups in total. The quantitative estimate of drug-likeness (QED) is 0.413. The maximum Gasteiger partial charge on any atom is 0.232 e. The summed E-state index contributed by atoms with van der Waals surface area (Å²) in [6.07, 6.45) is 3.40. The molecule has 34 heavy (non-hydrogen) atoms. The van der Waals surface area contributed by atoms with Gasteiger partial charge in [-0.05, 0) is 61.7 Å². The number of carbonyl (C=O) groups is 1. The van der Waals surface area contributed by atoms with Crippen LogP contribution in [0, 0.1) is 0 Å². The lowest BCUT2D eigenvalue weighted by molar-refractivity contribution is -0.122. The van der Waals surface area contributed by atoms with Crippen LogP contribution in [0.4, 0.5) is 5.69 Å². The molecule has 0 saturated heterocycles. The first-order valence-corrected chi connectivity index (χ1v) is 13.3. The zero-order chi connectivity index (χ0) is 24.6. The highest BCUT2D eigenvalue weighted by Gasteiger charge is 2.39. The predicted molar refractivity (Wildman–Crippen MR) is 138 cm³/mol. The van der Waals surface area contributed by atoms with Crippen LogP contribution in [-0.2, 0) is 26.7 Å². The van der Waals surface area contributed by atoms with Gasteiger partial charge in [0, 0.05) is 12.2 Å². The minimum absolute atomic E-state index is 0.338. The van der Waals surface area contributed by atoms with Gasteiger partial charge < -0.3 is 10.6 Å². The Balaban J connectivity index is 1.63. The van der Waals surface area contributed by atoms with E-state index in [1.165, 1.54) is 0 Å². The molecule has 1 amide bonds. The first kappa shape index (κ1) is 25.5. The zero-order valence-electron chi connectivity index (χ0n) is 19.8. The van der Waals surface area contributed by atoms with E-state index < -0.39 is 15.4 Å². The van der Waals surface area contributed by atoms with Crippen molar-refractivity contribution in [3.8, 4) is 0 Å². The van der Waals surface area contributed by atoms with Crippen molar-refractivity contribution < 1.29 is 13.2 Å². The smallest absolute Gasteiger partial charge is 0.232 e. The van der Waals surface area contributed by atoms with Crippen LogP contribution in [0.15, 0.2) is 84.9 Å². The maximum absolute atomic E-state index is 12.9. The van der Waals surface area contributed by atoms with Gasteiger partial charge in [0.1, 0.15) is 0 Å². The lowest BCUT2D eigenvalue weighted by Crippen LogP contribution is -2.43. The minimum Gasteiger partial charge on any atom is -0.369 e. The molecule has 6 nitrogen and oxygen atoms in total. The van der Waals surface area contributed by atoms with E-state index in [2.05, 4.69) is 16.7 Å². The van der Waals surface area contributed by atoms with Crippen molar-refractivity contribution in [1.29, 1.82) is 0 Å². The van der Waals surface area contributed by atoms with E-state index in [-0.39, 0.29) is 5.91 Å². The van der Waals surface area contributed by atoms with Gasteiger partial charge in [-0.25, -0.2) is 8.42 Å². The topological polar surface area (TPSA) is 92.5 Å². The van der Waals surface area contributed by atoms with Gasteiger partial charge in [-0.3, -0.25) is 9.52 Å². The number of likely N-dealkylation sites (N-methyl/N-ethyl adjacent to an activating group) is 1. The molecule has 0 heterocycles. The third kappa shape index (κ3) is 6.68. The van der Waals surface area contributed by atoms with E-state index in [4.69, 9.17) is 5.73 Å². The largest absolute Gasteiger partial charge is 0.369 e. The summed E-state index contributed by atoms with van der Waals surface area (Å²) >= 11 is 0. The Labute approximate surface area is 202 Å².